The molecule has 102 valence electrons. The van der Waals surface area contributed by atoms with Crippen molar-refractivity contribution in [1.29, 1.82) is 0 Å². The molecule has 3 nitrogen and oxygen atoms in total. The summed E-state index contributed by atoms with van der Waals surface area (Å²) in [6, 6.07) is 4.81. The van der Waals surface area contributed by atoms with Gasteiger partial charge in [-0.3, -0.25) is 0 Å². The molecule has 19 heavy (non-hydrogen) atoms. The maximum absolute atomic E-state index is 12.2. The molecule has 0 radical (unpaired) electrons. The monoisotopic (exact) mass is 278 g/mol. The van der Waals surface area contributed by atoms with Crippen LogP contribution in [-0.4, -0.2) is 28.2 Å². The topological polar surface area (TPSA) is 46.5 Å². The first-order valence-electron chi connectivity index (χ1n) is 6.37. The van der Waals surface area contributed by atoms with E-state index in [2.05, 4.69) is 6.58 Å². The van der Waals surface area contributed by atoms with Crippen LogP contribution in [-0.2, 0) is 4.74 Å². The van der Waals surface area contributed by atoms with Gasteiger partial charge in [-0.05, 0) is 36.3 Å². The number of carbonyl (C=O) groups is 1. The molecule has 0 bridgehead atoms. The van der Waals surface area contributed by atoms with E-state index in [1.807, 2.05) is 6.92 Å². The SMILES string of the molecule is C=Cc1ccc(O)c(C(=O)OC2(CC)CCSC2)c1. The van der Waals surface area contributed by atoms with Crippen molar-refractivity contribution >= 4 is 23.8 Å². The Hall–Kier alpha value is -1.42. The Morgan fingerprint density at radius 3 is 3.00 bits per heavy atom. The van der Waals surface area contributed by atoms with Crippen molar-refractivity contribution in [2.75, 3.05) is 11.5 Å². The molecule has 1 N–H and O–H groups in total. The first kappa shape index (κ1) is 14.0. The molecule has 0 saturated carbocycles. The summed E-state index contributed by atoms with van der Waals surface area (Å²) in [5.74, 6) is 1.34. The van der Waals surface area contributed by atoms with Gasteiger partial charge in [0.15, 0.2) is 0 Å². The number of benzene rings is 1. The van der Waals surface area contributed by atoms with Gasteiger partial charge in [0, 0.05) is 5.75 Å². The third kappa shape index (κ3) is 2.95. The van der Waals surface area contributed by atoms with Crippen LogP contribution in [0.2, 0.25) is 0 Å². The molecule has 1 unspecified atom stereocenters. The molecular weight excluding hydrogens is 260 g/mol. The number of phenols is 1. The van der Waals surface area contributed by atoms with Crippen LogP contribution in [0.4, 0.5) is 0 Å². The molecule has 0 amide bonds. The number of ether oxygens (including phenoxy) is 1. The zero-order chi connectivity index (χ0) is 13.9. The van der Waals surface area contributed by atoms with Gasteiger partial charge in [-0.25, -0.2) is 4.79 Å². The second kappa shape index (κ2) is 5.70. The van der Waals surface area contributed by atoms with Gasteiger partial charge >= 0.3 is 5.97 Å². The van der Waals surface area contributed by atoms with E-state index in [-0.39, 0.29) is 16.9 Å². The van der Waals surface area contributed by atoms with Crippen molar-refractivity contribution < 1.29 is 14.6 Å². The zero-order valence-corrected chi connectivity index (χ0v) is 11.8. The van der Waals surface area contributed by atoms with Gasteiger partial charge in [-0.15, -0.1) is 0 Å². The van der Waals surface area contributed by atoms with Crippen LogP contribution in [0.1, 0.15) is 35.7 Å². The van der Waals surface area contributed by atoms with E-state index in [0.717, 1.165) is 29.9 Å². The highest BCUT2D eigenvalue weighted by Gasteiger charge is 2.37. The number of phenolic OH excluding ortho intramolecular Hbond substituents is 1. The number of hydrogen-bond acceptors (Lipinski definition) is 4. The molecule has 1 atom stereocenters. The van der Waals surface area contributed by atoms with Gasteiger partial charge < -0.3 is 9.84 Å². The van der Waals surface area contributed by atoms with Crippen LogP contribution >= 0.6 is 11.8 Å². The van der Waals surface area contributed by atoms with Crippen molar-refractivity contribution in [2.45, 2.75) is 25.4 Å². The van der Waals surface area contributed by atoms with Crippen LogP contribution in [0.5, 0.6) is 5.75 Å². The van der Waals surface area contributed by atoms with E-state index < -0.39 is 5.97 Å². The fourth-order valence-electron chi connectivity index (χ4n) is 2.12. The van der Waals surface area contributed by atoms with Crippen LogP contribution < -0.4 is 0 Å². The van der Waals surface area contributed by atoms with Gasteiger partial charge in [-0.1, -0.05) is 25.6 Å². The summed E-state index contributed by atoms with van der Waals surface area (Å²) in [4.78, 5) is 12.2. The molecule has 2 rings (SSSR count). The highest BCUT2D eigenvalue weighted by atomic mass is 32.2. The highest BCUT2D eigenvalue weighted by Crippen LogP contribution is 2.35. The Morgan fingerprint density at radius 1 is 1.63 bits per heavy atom. The number of aromatic hydroxyl groups is 1. The lowest BCUT2D eigenvalue weighted by Gasteiger charge is -2.27. The number of hydrogen-bond donors (Lipinski definition) is 1. The molecule has 0 spiro atoms. The first-order valence-corrected chi connectivity index (χ1v) is 7.52. The smallest absolute Gasteiger partial charge is 0.342 e. The molecule has 1 aliphatic heterocycles. The number of rotatable bonds is 4. The van der Waals surface area contributed by atoms with E-state index in [9.17, 15) is 9.90 Å². The largest absolute Gasteiger partial charge is 0.507 e. The molecule has 1 fully saturated rings. The average Bonchev–Trinajstić information content (AvgIpc) is 2.88. The van der Waals surface area contributed by atoms with Crippen molar-refractivity contribution in [3.63, 3.8) is 0 Å². The normalized spacial score (nSPS) is 22.2. The van der Waals surface area contributed by atoms with Gasteiger partial charge in [0.25, 0.3) is 0 Å². The second-order valence-corrected chi connectivity index (χ2v) is 5.81. The zero-order valence-electron chi connectivity index (χ0n) is 11.0. The summed E-state index contributed by atoms with van der Waals surface area (Å²) in [7, 11) is 0. The molecule has 0 aromatic heterocycles. The lowest BCUT2D eigenvalue weighted by molar-refractivity contribution is -0.00776. The van der Waals surface area contributed by atoms with Gasteiger partial charge in [0.05, 0.1) is 0 Å². The third-order valence-electron chi connectivity index (χ3n) is 3.50. The van der Waals surface area contributed by atoms with Crippen LogP contribution in [0.15, 0.2) is 24.8 Å². The van der Waals surface area contributed by atoms with Crippen LogP contribution in [0.25, 0.3) is 6.08 Å². The second-order valence-electron chi connectivity index (χ2n) is 4.71. The minimum Gasteiger partial charge on any atom is -0.507 e. The van der Waals surface area contributed by atoms with Crippen LogP contribution in [0, 0.1) is 0 Å². The van der Waals surface area contributed by atoms with E-state index in [1.54, 1.807) is 30.0 Å². The quantitative estimate of drug-likeness (QED) is 0.857. The Labute approximate surface area is 117 Å². The van der Waals surface area contributed by atoms with Crippen molar-refractivity contribution in [1.82, 2.24) is 0 Å². The standard InChI is InChI=1S/C15H18O3S/c1-3-11-5-6-13(16)12(9-11)14(17)18-15(4-2)7-8-19-10-15/h3,5-6,9,16H,1,4,7-8,10H2,2H3. The Balaban J connectivity index is 2.22. The van der Waals surface area contributed by atoms with E-state index in [4.69, 9.17) is 4.74 Å². The fraction of sp³-hybridized carbons (Fsp3) is 0.400. The van der Waals surface area contributed by atoms with E-state index in [1.165, 1.54) is 6.07 Å². The molecule has 1 aliphatic rings. The summed E-state index contributed by atoms with van der Waals surface area (Å²) >= 11 is 1.80. The average molecular weight is 278 g/mol. The lowest BCUT2D eigenvalue weighted by Crippen LogP contribution is -2.34. The molecular formula is C15H18O3S. The van der Waals surface area contributed by atoms with Crippen molar-refractivity contribution in [3.05, 3.63) is 35.9 Å². The van der Waals surface area contributed by atoms with Gasteiger partial charge in [0.1, 0.15) is 16.9 Å². The molecule has 1 heterocycles. The third-order valence-corrected chi connectivity index (χ3v) is 4.72. The lowest BCUT2D eigenvalue weighted by atomic mass is 10.00. The molecule has 0 aliphatic carbocycles. The predicted octanol–water partition coefficient (Wildman–Crippen LogP) is 3.48. The predicted molar refractivity (Wildman–Crippen MR) is 78.6 cm³/mol. The molecule has 4 heteroatoms. The summed E-state index contributed by atoms with van der Waals surface area (Å²) in [5.41, 5.74) is 0.622. The highest BCUT2D eigenvalue weighted by molar-refractivity contribution is 7.99. The fourth-order valence-corrected chi connectivity index (χ4v) is 3.56. The van der Waals surface area contributed by atoms with Crippen molar-refractivity contribution in [3.8, 4) is 5.75 Å². The maximum Gasteiger partial charge on any atom is 0.342 e. The van der Waals surface area contributed by atoms with Crippen LogP contribution in [0.3, 0.4) is 0 Å². The summed E-state index contributed by atoms with van der Waals surface area (Å²) in [5, 5.41) is 9.79. The van der Waals surface area contributed by atoms with E-state index >= 15 is 0 Å². The van der Waals surface area contributed by atoms with Gasteiger partial charge in [0.2, 0.25) is 0 Å². The number of esters is 1. The summed E-state index contributed by atoms with van der Waals surface area (Å²) in [6.07, 6.45) is 3.31. The molecule has 1 aromatic rings. The molecule has 1 saturated heterocycles. The Kier molecular flexibility index (Phi) is 4.20. The number of thioether (sulfide) groups is 1. The molecule has 1 aromatic carbocycles. The summed E-state index contributed by atoms with van der Waals surface area (Å²) in [6.45, 7) is 5.68. The first-order chi connectivity index (χ1) is 9.10. The minimum absolute atomic E-state index is 0.0486. The Bertz CT molecular complexity index is 490. The van der Waals surface area contributed by atoms with Gasteiger partial charge in [-0.2, -0.15) is 11.8 Å². The Morgan fingerprint density at radius 2 is 2.42 bits per heavy atom. The van der Waals surface area contributed by atoms with Crippen molar-refractivity contribution in [2.24, 2.45) is 0 Å². The maximum atomic E-state index is 12.2. The minimum atomic E-state index is -0.453. The summed E-state index contributed by atoms with van der Waals surface area (Å²) < 4.78 is 5.66. The van der Waals surface area contributed by atoms with E-state index in [0.29, 0.717) is 0 Å². The number of carbonyl (C=O) groups excluding carboxylic acids is 1.